The van der Waals surface area contributed by atoms with Crippen molar-refractivity contribution in [2.45, 2.75) is 13.8 Å². The molecule has 1 aromatic heterocycles. The summed E-state index contributed by atoms with van der Waals surface area (Å²) in [6.45, 7) is 4.53. The molecule has 0 aliphatic heterocycles. The van der Waals surface area contributed by atoms with E-state index in [-0.39, 0.29) is 0 Å². The van der Waals surface area contributed by atoms with Gasteiger partial charge in [-0.3, -0.25) is 14.4 Å². The molecule has 0 radical (unpaired) electrons. The third-order valence-corrected chi connectivity index (χ3v) is 9.14. The smallest absolute Gasteiger partial charge is 0.127 e. The summed E-state index contributed by atoms with van der Waals surface area (Å²) in [7, 11) is 0. The first kappa shape index (κ1) is 28.4. The molecule has 0 N–H and O–H groups in total. The van der Waals surface area contributed by atoms with Gasteiger partial charge in [0.2, 0.25) is 0 Å². The number of anilines is 6. The normalized spacial score (nSPS) is 11.2. The molecule has 1 heterocycles. The maximum absolute atomic E-state index is 2.45. The predicted octanol–water partition coefficient (Wildman–Crippen LogP) is 12.3. The van der Waals surface area contributed by atoms with Crippen LogP contribution >= 0.6 is 0 Å². The second-order valence-corrected chi connectivity index (χ2v) is 11.9. The lowest BCUT2D eigenvalue weighted by molar-refractivity contribution is 1.01. The van der Waals surface area contributed by atoms with Crippen LogP contribution in [0.2, 0.25) is 0 Å². The highest BCUT2D eigenvalue weighted by Gasteiger charge is 2.30. The summed E-state index contributed by atoms with van der Waals surface area (Å²) in [5, 5.41) is 4.82. The lowest BCUT2D eigenvalue weighted by atomic mass is 10.1. The second kappa shape index (κ2) is 12.0. The quantitative estimate of drug-likeness (QED) is 0.179. The van der Waals surface area contributed by atoms with Crippen molar-refractivity contribution in [2.24, 2.45) is 0 Å². The van der Waals surface area contributed by atoms with Crippen LogP contribution in [0, 0.1) is 13.8 Å². The number of hydrogen-bond donors (Lipinski definition) is 0. The Morgan fingerprint density at radius 2 is 0.723 bits per heavy atom. The van der Waals surface area contributed by atoms with Gasteiger partial charge in [-0.05, 0) is 84.3 Å². The number of benzene rings is 7. The van der Waals surface area contributed by atoms with E-state index in [1.165, 1.54) is 32.7 Å². The van der Waals surface area contributed by atoms with Gasteiger partial charge in [-0.25, -0.2) is 0 Å². The number of hydrogen-bond acceptors (Lipinski definition) is 2. The van der Waals surface area contributed by atoms with Crippen LogP contribution in [0.1, 0.15) is 11.1 Å². The van der Waals surface area contributed by atoms with Crippen molar-refractivity contribution in [3.8, 4) is 5.69 Å². The minimum Gasteiger partial charge on any atom is -0.295 e. The molecule has 0 fully saturated rings. The zero-order valence-corrected chi connectivity index (χ0v) is 26.6. The van der Waals surface area contributed by atoms with E-state index in [9.17, 15) is 0 Å². The van der Waals surface area contributed by atoms with E-state index in [0.717, 1.165) is 40.1 Å². The molecule has 0 amide bonds. The maximum atomic E-state index is 2.45. The van der Waals surface area contributed by atoms with Gasteiger partial charge in [-0.2, -0.15) is 0 Å². The molecule has 0 bridgehead atoms. The zero-order valence-electron chi connectivity index (χ0n) is 26.6. The largest absolute Gasteiger partial charge is 0.295 e. The van der Waals surface area contributed by atoms with Crippen LogP contribution in [0.15, 0.2) is 176 Å². The summed E-state index contributed by atoms with van der Waals surface area (Å²) in [6, 6.07) is 62.8. The molecule has 0 unspecified atom stereocenters. The van der Waals surface area contributed by atoms with E-state index in [0.29, 0.717) is 0 Å². The SMILES string of the molecule is Cc1c(C)c(N(c2ccccc2)c2cccc3ccccc23)n(-c2ccccc2)c1N(c1ccccc1)c1cccc2ccccc12. The molecule has 0 atom stereocenters. The Morgan fingerprint density at radius 3 is 1.17 bits per heavy atom. The number of rotatable bonds is 7. The van der Waals surface area contributed by atoms with Crippen LogP contribution in [0.5, 0.6) is 0 Å². The van der Waals surface area contributed by atoms with Gasteiger partial charge in [0.25, 0.3) is 0 Å². The summed E-state index contributed by atoms with van der Waals surface area (Å²) in [5.74, 6) is 2.21. The molecule has 8 aromatic rings. The maximum Gasteiger partial charge on any atom is 0.127 e. The molecule has 0 spiro atoms. The van der Waals surface area contributed by atoms with Gasteiger partial charge in [-0.1, -0.05) is 127 Å². The minimum atomic E-state index is 1.09. The fourth-order valence-corrected chi connectivity index (χ4v) is 6.84. The Morgan fingerprint density at radius 1 is 0.362 bits per heavy atom. The lowest BCUT2D eigenvalue weighted by Gasteiger charge is -2.32. The van der Waals surface area contributed by atoms with E-state index in [1.807, 2.05) is 0 Å². The van der Waals surface area contributed by atoms with E-state index in [1.54, 1.807) is 0 Å². The van der Waals surface area contributed by atoms with E-state index in [2.05, 4.69) is 204 Å². The summed E-state index contributed by atoms with van der Waals surface area (Å²) in [6.07, 6.45) is 0. The van der Waals surface area contributed by atoms with Gasteiger partial charge in [0, 0.05) is 27.8 Å². The third-order valence-electron chi connectivity index (χ3n) is 9.14. The van der Waals surface area contributed by atoms with Gasteiger partial charge in [0.05, 0.1) is 11.4 Å². The standard InChI is InChI=1S/C44H35N3/c1-32-33(2)44(46(37-24-8-4-9-25-37)42-31-17-21-35-19-13-15-29-40(35)42)47(38-26-10-5-11-27-38)43(32)45(36-22-6-3-7-23-36)41-30-16-20-34-18-12-14-28-39(34)41/h3-31H,1-2H3. The van der Waals surface area contributed by atoms with Crippen LogP contribution in [-0.4, -0.2) is 4.57 Å². The summed E-state index contributed by atoms with van der Waals surface area (Å²) in [5.41, 5.74) is 7.99. The Hall–Kier alpha value is -6.06. The molecule has 0 saturated carbocycles. The van der Waals surface area contributed by atoms with Gasteiger partial charge >= 0.3 is 0 Å². The average Bonchev–Trinajstić information content (AvgIpc) is 3.39. The second-order valence-electron chi connectivity index (χ2n) is 11.9. The Kier molecular flexibility index (Phi) is 7.28. The fraction of sp³-hybridized carbons (Fsp3) is 0.0455. The Labute approximate surface area is 276 Å². The first-order valence-electron chi connectivity index (χ1n) is 16.1. The van der Waals surface area contributed by atoms with Gasteiger partial charge < -0.3 is 0 Å². The molecular formula is C44H35N3. The van der Waals surface area contributed by atoms with Gasteiger partial charge in [0.15, 0.2) is 0 Å². The summed E-state index contributed by atoms with van der Waals surface area (Å²) < 4.78 is 2.45. The predicted molar refractivity (Wildman–Crippen MR) is 200 cm³/mol. The fourth-order valence-electron chi connectivity index (χ4n) is 6.84. The molecule has 7 aromatic carbocycles. The topological polar surface area (TPSA) is 11.4 Å². The van der Waals surface area contributed by atoms with E-state index < -0.39 is 0 Å². The van der Waals surface area contributed by atoms with Crippen LogP contribution < -0.4 is 9.80 Å². The molecule has 0 aliphatic carbocycles. The summed E-state index contributed by atoms with van der Waals surface area (Å²) in [4.78, 5) is 4.88. The highest BCUT2D eigenvalue weighted by atomic mass is 15.3. The number of aromatic nitrogens is 1. The van der Waals surface area contributed by atoms with Crippen LogP contribution in [0.4, 0.5) is 34.4 Å². The molecule has 8 rings (SSSR count). The highest BCUT2D eigenvalue weighted by Crippen LogP contribution is 2.50. The molecule has 47 heavy (non-hydrogen) atoms. The van der Waals surface area contributed by atoms with Crippen molar-refractivity contribution >= 4 is 55.9 Å². The van der Waals surface area contributed by atoms with Crippen molar-refractivity contribution in [3.05, 3.63) is 187 Å². The van der Waals surface area contributed by atoms with E-state index in [4.69, 9.17) is 0 Å². The Balaban J connectivity index is 1.51. The lowest BCUT2D eigenvalue weighted by Crippen LogP contribution is -2.19. The number of fused-ring (bicyclic) bond motifs is 2. The summed E-state index contributed by atoms with van der Waals surface area (Å²) >= 11 is 0. The van der Waals surface area contributed by atoms with E-state index >= 15 is 0 Å². The van der Waals surface area contributed by atoms with Crippen LogP contribution in [0.3, 0.4) is 0 Å². The molecule has 3 heteroatoms. The van der Waals surface area contributed by atoms with Crippen molar-refractivity contribution in [1.82, 2.24) is 4.57 Å². The molecule has 0 saturated heterocycles. The zero-order chi connectivity index (χ0) is 31.7. The number of nitrogens with zero attached hydrogens (tertiary/aromatic N) is 3. The molecule has 3 nitrogen and oxygen atoms in total. The molecule has 0 aliphatic rings. The van der Waals surface area contributed by atoms with Gasteiger partial charge in [0.1, 0.15) is 11.6 Å². The van der Waals surface area contributed by atoms with Crippen LogP contribution in [-0.2, 0) is 0 Å². The van der Waals surface area contributed by atoms with Crippen LogP contribution in [0.25, 0.3) is 27.2 Å². The minimum absolute atomic E-state index is 1.09. The first-order valence-corrected chi connectivity index (χ1v) is 16.1. The van der Waals surface area contributed by atoms with Crippen molar-refractivity contribution in [1.29, 1.82) is 0 Å². The molecular weight excluding hydrogens is 571 g/mol. The third kappa shape index (κ3) is 4.93. The van der Waals surface area contributed by atoms with Crippen molar-refractivity contribution < 1.29 is 0 Å². The number of para-hydroxylation sites is 3. The van der Waals surface area contributed by atoms with Crippen molar-refractivity contribution in [2.75, 3.05) is 9.80 Å². The monoisotopic (exact) mass is 605 g/mol. The molecule has 226 valence electrons. The van der Waals surface area contributed by atoms with Gasteiger partial charge in [-0.15, -0.1) is 0 Å². The highest BCUT2D eigenvalue weighted by molar-refractivity contribution is 6.02. The first-order chi connectivity index (χ1) is 23.2. The Bertz CT molecular complexity index is 2170. The van der Waals surface area contributed by atoms with Crippen molar-refractivity contribution in [3.63, 3.8) is 0 Å². The average molecular weight is 606 g/mol.